The topological polar surface area (TPSA) is 67.9 Å². The maximum atomic E-state index is 12.5. The molecule has 0 saturated heterocycles. The van der Waals surface area contributed by atoms with Gasteiger partial charge >= 0.3 is 0 Å². The molecule has 0 fully saturated rings. The highest BCUT2D eigenvalue weighted by Gasteiger charge is 2.13. The van der Waals surface area contributed by atoms with Gasteiger partial charge in [0, 0.05) is 36.0 Å². The first-order valence-electron chi connectivity index (χ1n) is 9.12. The number of nitrogens with zero attached hydrogens (tertiary/aromatic N) is 1. The quantitative estimate of drug-likeness (QED) is 0.705. The maximum Gasteiger partial charge on any atom is 0.253 e. The van der Waals surface area contributed by atoms with E-state index in [1.54, 1.807) is 67.7 Å². The van der Waals surface area contributed by atoms with E-state index in [1.807, 2.05) is 13.8 Å². The summed E-state index contributed by atoms with van der Waals surface area (Å²) in [6.45, 7) is 5.14. The van der Waals surface area contributed by atoms with E-state index >= 15 is 0 Å². The van der Waals surface area contributed by atoms with Crippen molar-refractivity contribution in [1.82, 2.24) is 4.90 Å². The van der Waals surface area contributed by atoms with Gasteiger partial charge in [-0.3, -0.25) is 9.59 Å². The molecule has 2 amide bonds. The summed E-state index contributed by atoms with van der Waals surface area (Å²) in [5, 5.41) is 2.78. The minimum absolute atomic E-state index is 0.0576. The van der Waals surface area contributed by atoms with Crippen molar-refractivity contribution in [3.63, 3.8) is 0 Å². The van der Waals surface area contributed by atoms with Crippen molar-refractivity contribution in [2.75, 3.05) is 32.6 Å². The lowest BCUT2D eigenvalue weighted by Crippen LogP contribution is -2.30. The van der Waals surface area contributed by atoms with Gasteiger partial charge in [-0.25, -0.2) is 0 Å². The Morgan fingerprint density at radius 2 is 1.79 bits per heavy atom. The molecule has 0 heterocycles. The van der Waals surface area contributed by atoms with Gasteiger partial charge in [-0.2, -0.15) is 0 Å². The fourth-order valence-corrected chi connectivity index (χ4v) is 2.74. The van der Waals surface area contributed by atoms with Gasteiger partial charge in [0.25, 0.3) is 5.91 Å². The number of anilines is 1. The number of carbonyl (C=O) groups excluding carboxylic acids is 2. The van der Waals surface area contributed by atoms with Crippen LogP contribution >= 0.6 is 0 Å². The van der Waals surface area contributed by atoms with Crippen molar-refractivity contribution in [1.29, 1.82) is 0 Å². The summed E-state index contributed by atoms with van der Waals surface area (Å²) in [6, 6.07) is 12.3. The predicted octanol–water partition coefficient (Wildman–Crippen LogP) is 3.84. The van der Waals surface area contributed by atoms with Gasteiger partial charge in [0.15, 0.2) is 0 Å². The van der Waals surface area contributed by atoms with Crippen LogP contribution in [0.2, 0.25) is 0 Å². The summed E-state index contributed by atoms with van der Waals surface area (Å²) < 4.78 is 10.5. The zero-order valence-corrected chi connectivity index (χ0v) is 16.7. The van der Waals surface area contributed by atoms with Crippen LogP contribution < -0.4 is 14.8 Å². The lowest BCUT2D eigenvalue weighted by atomic mass is 10.1. The molecule has 0 saturated carbocycles. The Morgan fingerprint density at radius 3 is 2.43 bits per heavy atom. The zero-order chi connectivity index (χ0) is 20.5. The van der Waals surface area contributed by atoms with E-state index in [1.165, 1.54) is 6.08 Å². The maximum absolute atomic E-state index is 12.5. The molecule has 6 nitrogen and oxygen atoms in total. The van der Waals surface area contributed by atoms with Crippen molar-refractivity contribution in [3.8, 4) is 11.5 Å². The van der Waals surface area contributed by atoms with E-state index < -0.39 is 0 Å². The van der Waals surface area contributed by atoms with Crippen molar-refractivity contribution >= 4 is 23.6 Å². The molecule has 6 heteroatoms. The molecule has 0 aliphatic rings. The van der Waals surface area contributed by atoms with Gasteiger partial charge in [-0.1, -0.05) is 6.07 Å². The Hall–Kier alpha value is -3.28. The van der Waals surface area contributed by atoms with E-state index in [0.29, 0.717) is 35.8 Å². The van der Waals surface area contributed by atoms with E-state index in [-0.39, 0.29) is 11.8 Å². The number of methoxy groups -OCH3 is 2. The number of amides is 2. The van der Waals surface area contributed by atoms with Crippen molar-refractivity contribution in [3.05, 3.63) is 59.7 Å². The van der Waals surface area contributed by atoms with E-state index in [2.05, 4.69) is 5.32 Å². The summed E-state index contributed by atoms with van der Waals surface area (Å²) in [5.41, 5.74) is 1.83. The minimum atomic E-state index is -0.308. The van der Waals surface area contributed by atoms with Crippen LogP contribution in [0.3, 0.4) is 0 Å². The Bertz CT molecular complexity index is 857. The summed E-state index contributed by atoms with van der Waals surface area (Å²) in [7, 11) is 3.14. The fourth-order valence-electron chi connectivity index (χ4n) is 2.74. The van der Waals surface area contributed by atoms with Gasteiger partial charge in [-0.15, -0.1) is 0 Å². The number of hydrogen-bond acceptors (Lipinski definition) is 4. The molecule has 2 rings (SSSR count). The van der Waals surface area contributed by atoms with Gasteiger partial charge in [0.1, 0.15) is 11.5 Å². The Kier molecular flexibility index (Phi) is 7.63. The molecule has 0 aliphatic heterocycles. The molecule has 0 aromatic heterocycles. The second-order valence-corrected chi connectivity index (χ2v) is 5.99. The smallest absolute Gasteiger partial charge is 0.253 e. The van der Waals surface area contributed by atoms with E-state index in [0.717, 1.165) is 5.56 Å². The Balaban J connectivity index is 2.12. The second-order valence-electron chi connectivity index (χ2n) is 5.99. The molecule has 1 N–H and O–H groups in total. The SMILES string of the molecule is CCN(CC)C(=O)c1cccc(NC(=O)/C=C/c2cc(OC)ccc2OC)c1. The summed E-state index contributed by atoms with van der Waals surface area (Å²) >= 11 is 0. The van der Waals surface area contributed by atoms with Crippen LogP contribution in [0.25, 0.3) is 6.08 Å². The molecule has 0 atom stereocenters. The van der Waals surface area contributed by atoms with Gasteiger partial charge in [0.2, 0.25) is 5.91 Å². The third-order valence-corrected chi connectivity index (χ3v) is 4.28. The molecule has 2 aromatic carbocycles. The van der Waals surface area contributed by atoms with E-state index in [9.17, 15) is 9.59 Å². The zero-order valence-electron chi connectivity index (χ0n) is 16.7. The lowest BCUT2D eigenvalue weighted by Gasteiger charge is -2.18. The number of hydrogen-bond donors (Lipinski definition) is 1. The number of ether oxygens (including phenoxy) is 2. The molecule has 0 aliphatic carbocycles. The first-order chi connectivity index (χ1) is 13.5. The monoisotopic (exact) mass is 382 g/mol. The van der Waals surface area contributed by atoms with Crippen molar-refractivity contribution in [2.45, 2.75) is 13.8 Å². The largest absolute Gasteiger partial charge is 0.497 e. The second kappa shape index (κ2) is 10.2. The molecule has 28 heavy (non-hydrogen) atoms. The van der Waals surface area contributed by atoms with Gasteiger partial charge in [-0.05, 0) is 56.3 Å². The minimum Gasteiger partial charge on any atom is -0.497 e. The highest BCUT2D eigenvalue weighted by molar-refractivity contribution is 6.03. The molecule has 148 valence electrons. The number of rotatable bonds is 8. The van der Waals surface area contributed by atoms with E-state index in [4.69, 9.17) is 9.47 Å². The van der Waals surface area contributed by atoms with Crippen LogP contribution in [0.5, 0.6) is 11.5 Å². The predicted molar refractivity (Wildman–Crippen MR) is 111 cm³/mol. The molecule has 0 radical (unpaired) electrons. The molecule has 0 unspecified atom stereocenters. The van der Waals surface area contributed by atoms with Crippen LogP contribution in [0.1, 0.15) is 29.8 Å². The van der Waals surface area contributed by atoms with Crippen LogP contribution in [0.4, 0.5) is 5.69 Å². The fraction of sp³-hybridized carbons (Fsp3) is 0.273. The highest BCUT2D eigenvalue weighted by Crippen LogP contribution is 2.25. The molecular weight excluding hydrogens is 356 g/mol. The molecular formula is C22H26N2O4. The Morgan fingerprint density at radius 1 is 1.04 bits per heavy atom. The molecule has 2 aromatic rings. The number of nitrogens with one attached hydrogen (secondary N) is 1. The first kappa shape index (κ1) is 21.0. The average molecular weight is 382 g/mol. The molecule has 0 bridgehead atoms. The lowest BCUT2D eigenvalue weighted by molar-refractivity contribution is -0.111. The Labute approximate surface area is 165 Å². The number of benzene rings is 2. The van der Waals surface area contributed by atoms with Crippen molar-refractivity contribution in [2.24, 2.45) is 0 Å². The summed E-state index contributed by atoms with van der Waals surface area (Å²) in [5.74, 6) is 0.940. The standard InChI is InChI=1S/C22H26N2O4/c1-5-24(6-2)22(26)17-8-7-9-18(14-17)23-21(25)13-10-16-15-19(27-3)11-12-20(16)28-4/h7-15H,5-6H2,1-4H3,(H,23,25)/b13-10+. The van der Waals surface area contributed by atoms with Crippen LogP contribution in [-0.4, -0.2) is 44.0 Å². The van der Waals surface area contributed by atoms with Gasteiger partial charge in [0.05, 0.1) is 14.2 Å². The number of carbonyl (C=O) groups is 2. The van der Waals surface area contributed by atoms with Crippen LogP contribution in [0.15, 0.2) is 48.5 Å². The third-order valence-electron chi connectivity index (χ3n) is 4.28. The van der Waals surface area contributed by atoms with Gasteiger partial charge < -0.3 is 19.7 Å². The van der Waals surface area contributed by atoms with Crippen LogP contribution in [0, 0.1) is 0 Å². The molecule has 0 spiro atoms. The third kappa shape index (κ3) is 5.36. The summed E-state index contributed by atoms with van der Waals surface area (Å²) in [6.07, 6.45) is 3.07. The first-order valence-corrected chi connectivity index (χ1v) is 9.12. The normalized spacial score (nSPS) is 10.6. The average Bonchev–Trinajstić information content (AvgIpc) is 2.73. The highest BCUT2D eigenvalue weighted by atomic mass is 16.5. The van der Waals surface area contributed by atoms with Crippen molar-refractivity contribution < 1.29 is 19.1 Å². The summed E-state index contributed by atoms with van der Waals surface area (Å²) in [4.78, 5) is 26.5. The van der Waals surface area contributed by atoms with Crippen LogP contribution in [-0.2, 0) is 4.79 Å².